The number of nitrogens with zero attached hydrogens (tertiary/aromatic N) is 5. The molecule has 7 nitrogen and oxygen atoms in total. The van der Waals surface area contributed by atoms with Crippen molar-refractivity contribution in [3.05, 3.63) is 76.0 Å². The molecule has 30 heavy (non-hydrogen) atoms. The lowest BCUT2D eigenvalue weighted by Gasteiger charge is -2.43. The second kappa shape index (κ2) is 6.99. The first kappa shape index (κ1) is 18.4. The molecule has 1 aromatic carbocycles. The van der Waals surface area contributed by atoms with Crippen LogP contribution in [0.4, 0.5) is 0 Å². The van der Waals surface area contributed by atoms with E-state index in [1.807, 2.05) is 39.4 Å². The number of hydrogen-bond donors (Lipinski definition) is 0. The van der Waals surface area contributed by atoms with Crippen molar-refractivity contribution >= 4 is 5.91 Å². The number of imidazole rings is 1. The Kier molecular flexibility index (Phi) is 4.28. The largest absolute Gasteiger partial charge is 0.338 e. The maximum absolute atomic E-state index is 13.2. The molecule has 4 heterocycles. The molecule has 0 spiro atoms. The highest BCUT2D eigenvalue weighted by atomic mass is 16.2. The topological polar surface area (TPSA) is 83.9 Å². The minimum atomic E-state index is -0.109. The smallest absolute Gasteiger partial charge is 0.261 e. The van der Waals surface area contributed by atoms with Gasteiger partial charge in [-0.2, -0.15) is 5.26 Å². The highest BCUT2D eigenvalue weighted by Gasteiger charge is 2.37. The number of aryl methyl sites for hydroxylation is 1. The fourth-order valence-electron chi connectivity index (χ4n) is 4.84. The predicted molar refractivity (Wildman–Crippen MR) is 111 cm³/mol. The molecule has 150 valence electrons. The lowest BCUT2D eigenvalue weighted by Crippen LogP contribution is -2.49. The van der Waals surface area contributed by atoms with Crippen LogP contribution < -0.4 is 5.56 Å². The Bertz CT molecular complexity index is 1250. The van der Waals surface area contributed by atoms with Gasteiger partial charge in [-0.25, -0.2) is 4.98 Å². The molecule has 5 rings (SSSR count). The van der Waals surface area contributed by atoms with Gasteiger partial charge in [-0.15, -0.1) is 0 Å². The van der Waals surface area contributed by atoms with Crippen molar-refractivity contribution in [2.24, 2.45) is 13.0 Å². The third kappa shape index (κ3) is 2.84. The molecule has 3 aromatic rings. The molecular formula is C23H21N5O2. The van der Waals surface area contributed by atoms with Gasteiger partial charge in [0.2, 0.25) is 0 Å². The maximum atomic E-state index is 13.2. The number of amides is 1. The van der Waals surface area contributed by atoms with Crippen LogP contribution in [0.25, 0.3) is 11.4 Å². The number of aromatic nitrogens is 3. The first-order valence-electron chi connectivity index (χ1n) is 10.1. The number of pyridine rings is 1. The summed E-state index contributed by atoms with van der Waals surface area (Å²) in [5.74, 6) is 0.876. The summed E-state index contributed by atoms with van der Waals surface area (Å²) in [5, 5.41) is 9.35. The standard InChI is InChI=1S/C23H21N5O2/c1-26-9-8-25-21(26)19-6-7-20-17-10-15(13-28(20)23(19)30)12-27(14-17)22(29)18-5-3-2-4-16(18)11-24/h2-9,15,17H,10,12-14H2,1H3/t15-,17+/m0/s1. The predicted octanol–water partition coefficient (Wildman–Crippen LogP) is 2.38. The molecule has 0 aliphatic carbocycles. The summed E-state index contributed by atoms with van der Waals surface area (Å²) in [7, 11) is 1.88. The van der Waals surface area contributed by atoms with E-state index in [-0.39, 0.29) is 23.3 Å². The molecule has 0 unspecified atom stereocenters. The van der Waals surface area contributed by atoms with Gasteiger partial charge in [0.25, 0.3) is 11.5 Å². The molecule has 2 aromatic heterocycles. The number of fused-ring (bicyclic) bond motifs is 4. The van der Waals surface area contributed by atoms with Gasteiger partial charge in [0.05, 0.1) is 22.8 Å². The van der Waals surface area contributed by atoms with Crippen LogP contribution in [0, 0.1) is 17.2 Å². The lowest BCUT2D eigenvalue weighted by atomic mass is 9.82. The van der Waals surface area contributed by atoms with E-state index in [1.165, 1.54) is 0 Å². The maximum Gasteiger partial charge on any atom is 0.261 e. The van der Waals surface area contributed by atoms with Gasteiger partial charge in [-0.1, -0.05) is 12.1 Å². The van der Waals surface area contributed by atoms with Crippen LogP contribution in [0.15, 0.2) is 53.6 Å². The van der Waals surface area contributed by atoms with Gasteiger partial charge in [0.15, 0.2) is 0 Å². The number of benzene rings is 1. The van der Waals surface area contributed by atoms with Gasteiger partial charge >= 0.3 is 0 Å². The van der Waals surface area contributed by atoms with Crippen molar-refractivity contribution in [3.8, 4) is 17.5 Å². The van der Waals surface area contributed by atoms with Gasteiger partial charge < -0.3 is 14.0 Å². The van der Waals surface area contributed by atoms with Crippen molar-refractivity contribution in [2.75, 3.05) is 13.1 Å². The molecule has 2 aliphatic heterocycles. The molecular weight excluding hydrogens is 378 g/mol. The summed E-state index contributed by atoms with van der Waals surface area (Å²) < 4.78 is 3.72. The Morgan fingerprint density at radius 1 is 1.17 bits per heavy atom. The number of nitriles is 1. The fourth-order valence-corrected chi connectivity index (χ4v) is 4.84. The summed E-state index contributed by atoms with van der Waals surface area (Å²) in [4.78, 5) is 32.5. The van der Waals surface area contributed by atoms with Crippen LogP contribution in [0.2, 0.25) is 0 Å². The Morgan fingerprint density at radius 3 is 2.77 bits per heavy atom. The molecule has 0 saturated carbocycles. The Morgan fingerprint density at radius 2 is 2.00 bits per heavy atom. The Balaban J connectivity index is 1.48. The first-order valence-corrected chi connectivity index (χ1v) is 10.1. The molecule has 1 fully saturated rings. The zero-order valence-electron chi connectivity index (χ0n) is 16.7. The summed E-state index contributed by atoms with van der Waals surface area (Å²) in [6.45, 7) is 1.73. The number of carbonyl (C=O) groups is 1. The Hall–Kier alpha value is -3.66. The van der Waals surface area contributed by atoms with Crippen LogP contribution in [0.3, 0.4) is 0 Å². The van der Waals surface area contributed by atoms with Gasteiger partial charge in [0, 0.05) is 50.7 Å². The monoisotopic (exact) mass is 399 g/mol. The summed E-state index contributed by atoms with van der Waals surface area (Å²) in [6, 6.07) is 12.9. The highest BCUT2D eigenvalue weighted by Crippen LogP contribution is 2.36. The normalized spacial score (nSPS) is 19.8. The minimum Gasteiger partial charge on any atom is -0.338 e. The van der Waals surface area contributed by atoms with E-state index in [0.717, 1.165) is 12.1 Å². The molecule has 1 amide bonds. The zero-order valence-corrected chi connectivity index (χ0v) is 16.7. The molecule has 0 N–H and O–H groups in total. The van der Waals surface area contributed by atoms with Gasteiger partial charge in [-0.3, -0.25) is 9.59 Å². The second-order valence-electron chi connectivity index (χ2n) is 8.12. The highest BCUT2D eigenvalue weighted by molar-refractivity contribution is 5.96. The molecule has 2 atom stereocenters. The lowest BCUT2D eigenvalue weighted by molar-refractivity contribution is 0.0594. The average Bonchev–Trinajstić information content (AvgIpc) is 3.19. The third-order valence-electron chi connectivity index (χ3n) is 6.23. The van der Waals surface area contributed by atoms with Gasteiger partial charge in [0.1, 0.15) is 5.82 Å². The van der Waals surface area contributed by atoms with Crippen LogP contribution in [0.1, 0.15) is 34.0 Å². The minimum absolute atomic E-state index is 0.0221. The van der Waals surface area contributed by atoms with E-state index in [9.17, 15) is 14.9 Å². The number of carbonyl (C=O) groups excluding carboxylic acids is 1. The number of rotatable bonds is 2. The van der Waals surface area contributed by atoms with Crippen molar-refractivity contribution in [2.45, 2.75) is 18.9 Å². The quantitative estimate of drug-likeness (QED) is 0.662. The molecule has 1 saturated heterocycles. The van der Waals surface area contributed by atoms with Gasteiger partial charge in [-0.05, 0) is 36.6 Å². The van der Waals surface area contributed by atoms with Crippen LogP contribution in [0.5, 0.6) is 0 Å². The molecule has 2 bridgehead atoms. The van der Waals surface area contributed by atoms with E-state index in [2.05, 4.69) is 11.1 Å². The average molecular weight is 399 g/mol. The number of likely N-dealkylation sites (tertiary alicyclic amines) is 1. The van der Waals surface area contributed by atoms with E-state index in [0.29, 0.717) is 42.1 Å². The molecule has 0 radical (unpaired) electrons. The Labute approximate surface area is 173 Å². The molecule has 2 aliphatic rings. The van der Waals surface area contributed by atoms with E-state index >= 15 is 0 Å². The fraction of sp³-hybridized carbons (Fsp3) is 0.304. The molecule has 7 heteroatoms. The summed E-state index contributed by atoms with van der Waals surface area (Å²) >= 11 is 0. The van der Waals surface area contributed by atoms with E-state index in [1.54, 1.807) is 30.5 Å². The van der Waals surface area contributed by atoms with Crippen LogP contribution >= 0.6 is 0 Å². The first-order chi connectivity index (χ1) is 14.6. The summed E-state index contributed by atoms with van der Waals surface area (Å²) in [6.07, 6.45) is 4.48. The SMILES string of the molecule is Cn1ccnc1-c1ccc2n(c1=O)C[C@H]1C[C@@H]2CN(C(=O)c2ccccc2C#N)C1. The zero-order chi connectivity index (χ0) is 20.8. The van der Waals surface area contributed by atoms with E-state index < -0.39 is 0 Å². The van der Waals surface area contributed by atoms with Crippen LogP contribution in [-0.2, 0) is 13.6 Å². The van der Waals surface area contributed by atoms with Crippen molar-refractivity contribution < 1.29 is 4.79 Å². The van der Waals surface area contributed by atoms with E-state index in [4.69, 9.17) is 0 Å². The van der Waals surface area contributed by atoms with Crippen molar-refractivity contribution in [1.82, 2.24) is 19.0 Å². The summed E-state index contributed by atoms with van der Waals surface area (Å²) in [5.41, 5.74) is 2.39. The number of hydrogen-bond acceptors (Lipinski definition) is 4. The van der Waals surface area contributed by atoms with Crippen LogP contribution in [-0.4, -0.2) is 38.0 Å². The third-order valence-corrected chi connectivity index (χ3v) is 6.23. The van der Waals surface area contributed by atoms with Crippen molar-refractivity contribution in [1.29, 1.82) is 5.26 Å². The van der Waals surface area contributed by atoms with Crippen molar-refractivity contribution in [3.63, 3.8) is 0 Å². The second-order valence-corrected chi connectivity index (χ2v) is 8.12. The number of piperidine rings is 1.